The van der Waals surface area contributed by atoms with E-state index in [-0.39, 0.29) is 41.5 Å². The van der Waals surface area contributed by atoms with E-state index in [1.54, 1.807) is 59.5 Å². The number of hydrogen-bond acceptors (Lipinski definition) is 8. The van der Waals surface area contributed by atoms with Gasteiger partial charge >= 0.3 is 0 Å². The molecule has 2 aliphatic heterocycles. The Balaban J connectivity index is 1.17. The summed E-state index contributed by atoms with van der Waals surface area (Å²) in [6.45, 7) is 3.85. The zero-order valence-electron chi connectivity index (χ0n) is 30.0. The molecule has 0 bridgehead atoms. The number of imide groups is 2. The molecule has 4 amide bonds. The van der Waals surface area contributed by atoms with Gasteiger partial charge in [0, 0.05) is 33.2 Å². The number of aromatic hydroxyl groups is 1. The van der Waals surface area contributed by atoms with Crippen LogP contribution in [0, 0.1) is 39.6 Å². The van der Waals surface area contributed by atoms with Gasteiger partial charge in [0.2, 0.25) is 23.6 Å². The Morgan fingerprint density at radius 3 is 2.47 bits per heavy atom. The summed E-state index contributed by atoms with van der Waals surface area (Å²) < 4.78 is 9.54. The molecule has 0 spiro atoms. The van der Waals surface area contributed by atoms with Crippen LogP contribution in [0.3, 0.4) is 0 Å². The number of amides is 4. The van der Waals surface area contributed by atoms with Crippen molar-refractivity contribution in [1.82, 2.24) is 9.78 Å². The molecule has 4 aliphatic rings. The number of carbonyl (C=O) groups is 4. The van der Waals surface area contributed by atoms with Crippen molar-refractivity contribution in [3.63, 3.8) is 0 Å². The SMILES string of the molecule is COc1cc([C@H]2C3=CC[C@@H]4C(=O)N(c5ccc(Br)cc5)C(=O)[C@@H]4[C@@H]3C[C@H]3C(=O)N(c4cc(-c5sc6ccc(Cl)cc6c5C)nn4C)C(=O)[C@@]23C)cc(I)c1O. The number of methoxy groups -OCH3 is 1. The molecule has 9 rings (SSSR count). The highest BCUT2D eigenvalue weighted by molar-refractivity contribution is 14.1. The van der Waals surface area contributed by atoms with Gasteiger partial charge in [0.15, 0.2) is 11.5 Å². The van der Waals surface area contributed by atoms with E-state index in [0.29, 0.717) is 37.8 Å². The van der Waals surface area contributed by atoms with Gasteiger partial charge in [0.05, 0.1) is 44.4 Å². The normalized spacial score (nSPS) is 26.1. The third-order valence-electron chi connectivity index (χ3n) is 12.2. The minimum absolute atomic E-state index is 0.0306. The Hall–Kier alpha value is -4.05. The number of ether oxygens (including phenoxy) is 1. The van der Waals surface area contributed by atoms with E-state index in [1.165, 1.54) is 16.9 Å². The number of hydrogen-bond donors (Lipinski definition) is 1. The van der Waals surface area contributed by atoms with Crippen LogP contribution >= 0.6 is 61.5 Å². The van der Waals surface area contributed by atoms with Crippen LogP contribution in [-0.2, 0) is 26.2 Å². The molecular weight excluding hydrogens is 919 g/mol. The molecule has 2 aromatic heterocycles. The largest absolute Gasteiger partial charge is 0.504 e. The monoisotopic (exact) mass is 950 g/mol. The van der Waals surface area contributed by atoms with Crippen molar-refractivity contribution in [3.8, 4) is 22.1 Å². The number of nitrogens with zero attached hydrogens (tertiary/aromatic N) is 4. The van der Waals surface area contributed by atoms with Gasteiger partial charge in [-0.15, -0.1) is 11.3 Å². The quantitative estimate of drug-likeness (QED) is 0.106. The van der Waals surface area contributed by atoms with Gasteiger partial charge in [-0.3, -0.25) is 28.8 Å². The number of aryl methyl sites for hydroxylation is 2. The van der Waals surface area contributed by atoms with Crippen LogP contribution < -0.4 is 14.5 Å². The van der Waals surface area contributed by atoms with Gasteiger partial charge in [-0.25, -0.2) is 4.90 Å². The highest BCUT2D eigenvalue weighted by atomic mass is 127. The molecule has 1 N–H and O–H groups in total. The van der Waals surface area contributed by atoms with E-state index < -0.39 is 35.0 Å². The van der Waals surface area contributed by atoms with Crippen LogP contribution in [0.25, 0.3) is 20.7 Å². The fraction of sp³-hybridized carbons (Fsp3) is 0.293. The van der Waals surface area contributed by atoms with Crippen LogP contribution in [0.4, 0.5) is 11.5 Å². The smallest absolute Gasteiger partial charge is 0.242 e. The van der Waals surface area contributed by atoms with Crippen molar-refractivity contribution < 1.29 is 29.0 Å². The van der Waals surface area contributed by atoms with Gasteiger partial charge in [0.25, 0.3) is 0 Å². The number of phenolic OH excluding ortho intramolecular Hbond substituents is 1. The number of thiophene rings is 1. The summed E-state index contributed by atoms with van der Waals surface area (Å²) in [6.07, 6.45) is 2.54. The molecular formula is C41H33BrClIN4O6S. The molecule has 0 unspecified atom stereocenters. The average molecular weight is 952 g/mol. The third kappa shape index (κ3) is 5.25. The minimum Gasteiger partial charge on any atom is -0.504 e. The first kappa shape index (κ1) is 36.6. The zero-order chi connectivity index (χ0) is 38.8. The highest BCUT2D eigenvalue weighted by Gasteiger charge is 2.68. The van der Waals surface area contributed by atoms with Gasteiger partial charge < -0.3 is 9.84 Å². The standard InChI is InChI=1S/C41H33BrClIN4O6S/c1-18-25-15-21(43)7-12-31(25)55-36(18)29-17-32(46(3)45-29)48-38(51)27-16-26-23(34(41(27,2)40(48)53)19-13-28(44)35(49)30(14-19)54-4)10-11-24-33(26)39(52)47(37(24)50)22-8-5-20(42)6-9-22/h5-10,12-15,17,24,26-27,33-34,49H,11,16H2,1-4H3/t24-,26+,27-,33-,34-,41+/m0/s1. The second kappa shape index (κ2) is 13.0. The first-order chi connectivity index (χ1) is 26.2. The van der Waals surface area contributed by atoms with E-state index in [4.69, 9.17) is 21.4 Å². The Kier molecular flexibility index (Phi) is 8.65. The Morgan fingerprint density at radius 1 is 1.00 bits per heavy atom. The van der Waals surface area contributed by atoms with Crippen LogP contribution in [-0.4, -0.2) is 45.6 Å². The average Bonchev–Trinajstić information content (AvgIpc) is 3.83. The molecule has 14 heteroatoms. The molecule has 3 aromatic carbocycles. The summed E-state index contributed by atoms with van der Waals surface area (Å²) in [4.78, 5) is 62.1. The van der Waals surface area contributed by atoms with Gasteiger partial charge in [0.1, 0.15) is 11.5 Å². The fourth-order valence-corrected chi connectivity index (χ4v) is 11.8. The van der Waals surface area contributed by atoms with Crippen molar-refractivity contribution >= 4 is 107 Å². The maximum atomic E-state index is 15.2. The van der Waals surface area contributed by atoms with Crippen LogP contribution in [0.2, 0.25) is 5.02 Å². The lowest BCUT2D eigenvalue weighted by Crippen LogP contribution is -2.49. The maximum absolute atomic E-state index is 15.2. The molecule has 0 radical (unpaired) electrons. The van der Waals surface area contributed by atoms with Crippen molar-refractivity contribution in [2.24, 2.45) is 36.1 Å². The number of rotatable bonds is 5. The molecule has 1 saturated carbocycles. The van der Waals surface area contributed by atoms with E-state index >= 15 is 4.79 Å². The number of halogens is 3. The summed E-state index contributed by atoms with van der Waals surface area (Å²) in [5.41, 5.74) is 2.35. The molecule has 4 heterocycles. The van der Waals surface area contributed by atoms with Crippen molar-refractivity contribution in [2.45, 2.75) is 32.6 Å². The van der Waals surface area contributed by atoms with Gasteiger partial charge in [-0.05, 0) is 126 Å². The molecule has 2 aliphatic carbocycles. The predicted octanol–water partition coefficient (Wildman–Crippen LogP) is 8.78. The first-order valence-electron chi connectivity index (χ1n) is 17.8. The number of carbonyl (C=O) groups excluding carboxylic acids is 4. The maximum Gasteiger partial charge on any atom is 0.242 e. The summed E-state index contributed by atoms with van der Waals surface area (Å²) in [5.74, 6) is -4.11. The predicted molar refractivity (Wildman–Crippen MR) is 222 cm³/mol. The lowest BCUT2D eigenvalue weighted by atomic mass is 9.51. The van der Waals surface area contributed by atoms with Crippen LogP contribution in [0.1, 0.15) is 36.8 Å². The Morgan fingerprint density at radius 2 is 1.75 bits per heavy atom. The molecule has 280 valence electrons. The van der Waals surface area contributed by atoms with Gasteiger partial charge in [-0.2, -0.15) is 5.10 Å². The summed E-state index contributed by atoms with van der Waals surface area (Å²) >= 11 is 13.4. The molecule has 3 fully saturated rings. The summed E-state index contributed by atoms with van der Waals surface area (Å²) in [7, 11) is 3.19. The van der Waals surface area contributed by atoms with E-state index in [1.807, 2.05) is 66.8 Å². The Labute approximate surface area is 347 Å². The summed E-state index contributed by atoms with van der Waals surface area (Å²) in [5, 5.41) is 17.3. The molecule has 55 heavy (non-hydrogen) atoms. The fourth-order valence-electron chi connectivity index (χ4n) is 9.59. The van der Waals surface area contributed by atoms with E-state index in [9.17, 15) is 19.5 Å². The van der Waals surface area contributed by atoms with E-state index in [0.717, 1.165) is 30.6 Å². The number of phenols is 1. The molecule has 2 saturated heterocycles. The first-order valence-corrected chi connectivity index (χ1v) is 20.8. The van der Waals surface area contributed by atoms with Crippen molar-refractivity contribution in [1.29, 1.82) is 0 Å². The number of anilines is 2. The third-order valence-corrected chi connectivity index (χ3v) is 15.1. The van der Waals surface area contributed by atoms with E-state index in [2.05, 4.69) is 15.9 Å². The molecule has 6 atom stereocenters. The second-order valence-corrected chi connectivity index (χ2v) is 18.5. The number of aromatic nitrogens is 2. The van der Waals surface area contributed by atoms with Gasteiger partial charge in [-0.1, -0.05) is 39.2 Å². The topological polar surface area (TPSA) is 122 Å². The number of benzene rings is 3. The molecule has 10 nitrogen and oxygen atoms in total. The number of allylic oxidation sites excluding steroid dienone is 2. The molecule has 5 aromatic rings. The lowest BCUT2D eigenvalue weighted by molar-refractivity contribution is -0.131. The van der Waals surface area contributed by atoms with Crippen molar-refractivity contribution in [2.75, 3.05) is 16.9 Å². The van der Waals surface area contributed by atoms with Crippen LogP contribution in [0.15, 0.2) is 76.8 Å². The number of fused-ring (bicyclic) bond motifs is 5. The Bertz CT molecular complexity index is 2570. The highest BCUT2D eigenvalue weighted by Crippen LogP contribution is 2.64. The lowest BCUT2D eigenvalue weighted by Gasteiger charge is -2.49. The summed E-state index contributed by atoms with van der Waals surface area (Å²) in [6, 6.07) is 18.1. The van der Waals surface area contributed by atoms with Crippen LogP contribution in [0.5, 0.6) is 11.5 Å². The second-order valence-electron chi connectivity index (χ2n) is 14.9. The van der Waals surface area contributed by atoms with Crippen molar-refractivity contribution in [3.05, 3.63) is 96.5 Å². The minimum atomic E-state index is -1.29. The zero-order valence-corrected chi connectivity index (χ0v) is 35.3.